The van der Waals surface area contributed by atoms with Gasteiger partial charge in [-0.25, -0.2) is 14.5 Å². The van der Waals surface area contributed by atoms with Crippen LogP contribution >= 0.6 is 0 Å². The molecule has 1 rings (SSSR count). The first-order chi connectivity index (χ1) is 9.06. The van der Waals surface area contributed by atoms with Gasteiger partial charge in [-0.2, -0.15) is 5.10 Å². The number of carbonyl (C=O) groups excluding carboxylic acids is 1. The predicted molar refractivity (Wildman–Crippen MR) is 65.4 cm³/mol. The Morgan fingerprint density at radius 1 is 1.53 bits per heavy atom. The van der Waals surface area contributed by atoms with E-state index in [1.165, 1.54) is 17.3 Å². The first-order valence-electron chi connectivity index (χ1n) is 5.92. The largest absolute Gasteiger partial charge is 0.480 e. The number of aliphatic carboxylic acids is 1. The number of rotatable bonds is 8. The van der Waals surface area contributed by atoms with Crippen molar-refractivity contribution in [3.63, 3.8) is 0 Å². The van der Waals surface area contributed by atoms with Crippen LogP contribution in [0.5, 0.6) is 0 Å². The van der Waals surface area contributed by atoms with E-state index in [0.717, 1.165) is 0 Å². The molecule has 0 aliphatic heterocycles. The van der Waals surface area contributed by atoms with Crippen molar-refractivity contribution in [3.8, 4) is 0 Å². The number of hydrogen-bond donors (Lipinski definition) is 2. The van der Waals surface area contributed by atoms with Gasteiger partial charge in [0.15, 0.2) is 0 Å². The van der Waals surface area contributed by atoms with Gasteiger partial charge in [-0.1, -0.05) is 0 Å². The third-order valence-corrected chi connectivity index (χ3v) is 2.67. The molecule has 1 heterocycles. The van der Waals surface area contributed by atoms with Crippen LogP contribution in [-0.4, -0.2) is 51.5 Å². The van der Waals surface area contributed by atoms with Gasteiger partial charge in [-0.3, -0.25) is 4.79 Å². The molecule has 0 fully saturated rings. The average Bonchev–Trinajstić information content (AvgIpc) is 2.90. The lowest BCUT2D eigenvalue weighted by Crippen LogP contribution is -2.43. The molecule has 0 saturated heterocycles. The van der Waals surface area contributed by atoms with Gasteiger partial charge in [0.1, 0.15) is 24.7 Å². The summed E-state index contributed by atoms with van der Waals surface area (Å²) in [5.74, 6) is -1.47. The van der Waals surface area contributed by atoms with Crippen molar-refractivity contribution < 1.29 is 19.4 Å². The maximum absolute atomic E-state index is 11.9. The summed E-state index contributed by atoms with van der Waals surface area (Å²) in [7, 11) is 1.54. The Morgan fingerprint density at radius 3 is 2.79 bits per heavy atom. The highest BCUT2D eigenvalue weighted by Gasteiger charge is 2.23. The van der Waals surface area contributed by atoms with Crippen LogP contribution in [0, 0.1) is 0 Å². The van der Waals surface area contributed by atoms with E-state index in [1.807, 2.05) is 0 Å². The second-order valence-corrected chi connectivity index (χ2v) is 4.09. The number of ether oxygens (including phenoxy) is 1. The number of nitrogens with one attached hydrogen (secondary N) is 1. The van der Waals surface area contributed by atoms with Crippen LogP contribution in [0.4, 0.5) is 0 Å². The summed E-state index contributed by atoms with van der Waals surface area (Å²) in [6, 6.07) is -1.53. The quantitative estimate of drug-likeness (QED) is 0.635. The number of nitrogens with zero attached hydrogens (tertiary/aromatic N) is 3. The van der Waals surface area contributed by atoms with Gasteiger partial charge in [-0.05, 0) is 19.8 Å². The SMILES string of the molecule is COCCCC(NC(=O)C(C)n1cncn1)C(=O)O. The second kappa shape index (κ2) is 7.47. The summed E-state index contributed by atoms with van der Waals surface area (Å²) in [5, 5.41) is 15.4. The third-order valence-electron chi connectivity index (χ3n) is 2.67. The van der Waals surface area contributed by atoms with Crippen molar-refractivity contribution in [2.75, 3.05) is 13.7 Å². The second-order valence-electron chi connectivity index (χ2n) is 4.09. The fraction of sp³-hybridized carbons (Fsp3) is 0.636. The fourth-order valence-electron chi connectivity index (χ4n) is 1.52. The maximum Gasteiger partial charge on any atom is 0.326 e. The van der Waals surface area contributed by atoms with E-state index in [9.17, 15) is 9.59 Å². The molecule has 0 radical (unpaired) electrons. The van der Waals surface area contributed by atoms with E-state index in [4.69, 9.17) is 9.84 Å². The topological polar surface area (TPSA) is 106 Å². The van der Waals surface area contributed by atoms with Crippen molar-refractivity contribution in [1.82, 2.24) is 20.1 Å². The molecule has 0 spiro atoms. The Kier molecular flexibility index (Phi) is 5.94. The summed E-state index contributed by atoms with van der Waals surface area (Å²) in [6.45, 7) is 2.08. The molecule has 1 aromatic rings. The Morgan fingerprint density at radius 2 is 2.26 bits per heavy atom. The van der Waals surface area contributed by atoms with E-state index < -0.39 is 24.0 Å². The summed E-state index contributed by atoms with van der Waals surface area (Å²) in [4.78, 5) is 26.7. The van der Waals surface area contributed by atoms with Crippen LogP contribution < -0.4 is 5.32 Å². The maximum atomic E-state index is 11.9. The molecule has 1 amide bonds. The van der Waals surface area contributed by atoms with Crippen LogP contribution in [0.15, 0.2) is 12.7 Å². The minimum absolute atomic E-state index is 0.318. The number of aromatic nitrogens is 3. The van der Waals surface area contributed by atoms with Crippen molar-refractivity contribution in [3.05, 3.63) is 12.7 Å². The van der Waals surface area contributed by atoms with Crippen molar-refractivity contribution in [1.29, 1.82) is 0 Å². The van der Waals surface area contributed by atoms with Crippen molar-refractivity contribution in [2.24, 2.45) is 0 Å². The molecule has 19 heavy (non-hydrogen) atoms. The van der Waals surface area contributed by atoms with Crippen molar-refractivity contribution >= 4 is 11.9 Å². The summed E-state index contributed by atoms with van der Waals surface area (Å²) in [6.07, 6.45) is 3.60. The smallest absolute Gasteiger partial charge is 0.326 e. The molecule has 0 aliphatic rings. The molecule has 2 N–H and O–H groups in total. The van der Waals surface area contributed by atoms with Gasteiger partial charge >= 0.3 is 5.97 Å². The summed E-state index contributed by atoms with van der Waals surface area (Å²) < 4.78 is 6.22. The van der Waals surface area contributed by atoms with E-state index in [0.29, 0.717) is 19.4 Å². The van der Waals surface area contributed by atoms with E-state index in [1.54, 1.807) is 14.0 Å². The minimum atomic E-state index is -1.06. The van der Waals surface area contributed by atoms with Crippen molar-refractivity contribution in [2.45, 2.75) is 31.8 Å². The number of methoxy groups -OCH3 is 1. The molecule has 0 aliphatic carbocycles. The standard InChI is InChI=1S/C11H18N4O4/c1-8(15-7-12-6-13-15)10(16)14-9(11(17)18)4-3-5-19-2/h6-9H,3-5H2,1-2H3,(H,14,16)(H,17,18). The lowest BCUT2D eigenvalue weighted by Gasteiger charge is -2.17. The van der Waals surface area contributed by atoms with E-state index >= 15 is 0 Å². The molecule has 106 valence electrons. The van der Waals surface area contributed by atoms with Gasteiger partial charge in [-0.15, -0.1) is 0 Å². The van der Waals surface area contributed by atoms with Gasteiger partial charge in [0.2, 0.25) is 5.91 Å². The van der Waals surface area contributed by atoms with Crippen LogP contribution in [-0.2, 0) is 14.3 Å². The fourth-order valence-corrected chi connectivity index (χ4v) is 1.52. The van der Waals surface area contributed by atoms with E-state index in [2.05, 4.69) is 15.4 Å². The van der Waals surface area contributed by atoms with E-state index in [-0.39, 0.29) is 0 Å². The van der Waals surface area contributed by atoms with Crippen LogP contribution in [0.2, 0.25) is 0 Å². The number of carbonyl (C=O) groups is 2. The summed E-state index contributed by atoms with van der Waals surface area (Å²) in [5.41, 5.74) is 0. The summed E-state index contributed by atoms with van der Waals surface area (Å²) >= 11 is 0. The monoisotopic (exact) mass is 270 g/mol. The molecule has 2 unspecified atom stereocenters. The molecule has 8 nitrogen and oxygen atoms in total. The lowest BCUT2D eigenvalue weighted by atomic mass is 10.1. The molecule has 0 aromatic carbocycles. The van der Waals surface area contributed by atoms with Crippen LogP contribution in [0.25, 0.3) is 0 Å². The molecule has 2 atom stereocenters. The normalized spacial score (nSPS) is 13.8. The molecule has 0 saturated carbocycles. The zero-order valence-electron chi connectivity index (χ0n) is 10.9. The Bertz CT molecular complexity index is 407. The average molecular weight is 270 g/mol. The highest BCUT2D eigenvalue weighted by Crippen LogP contribution is 2.05. The zero-order valence-corrected chi connectivity index (χ0v) is 10.9. The molecule has 1 aromatic heterocycles. The molecular formula is C11H18N4O4. The molecule has 8 heteroatoms. The van der Waals surface area contributed by atoms with Gasteiger partial charge in [0, 0.05) is 13.7 Å². The van der Waals surface area contributed by atoms with Crippen LogP contribution in [0.1, 0.15) is 25.8 Å². The third kappa shape index (κ3) is 4.66. The van der Waals surface area contributed by atoms with Crippen LogP contribution in [0.3, 0.4) is 0 Å². The number of amides is 1. The number of hydrogen-bond acceptors (Lipinski definition) is 5. The number of carboxylic acid groups (broad SMARTS) is 1. The van der Waals surface area contributed by atoms with Gasteiger partial charge in [0.05, 0.1) is 0 Å². The first-order valence-corrected chi connectivity index (χ1v) is 5.92. The first kappa shape index (κ1) is 15.1. The highest BCUT2D eigenvalue weighted by atomic mass is 16.5. The Labute approximate surface area is 110 Å². The van der Waals surface area contributed by atoms with Gasteiger partial charge in [0.25, 0.3) is 0 Å². The van der Waals surface area contributed by atoms with Gasteiger partial charge < -0.3 is 15.2 Å². The lowest BCUT2D eigenvalue weighted by molar-refractivity contribution is -0.142. The minimum Gasteiger partial charge on any atom is -0.480 e. The highest BCUT2D eigenvalue weighted by molar-refractivity contribution is 5.85. The Hall–Kier alpha value is -1.96. The molecular weight excluding hydrogens is 252 g/mol. The number of carboxylic acids is 1. The Balaban J connectivity index is 2.53. The predicted octanol–water partition coefficient (Wildman–Crippen LogP) is -0.165. The zero-order chi connectivity index (χ0) is 14.3. The molecule has 0 bridgehead atoms.